The third-order valence-corrected chi connectivity index (χ3v) is 4.43. The zero-order valence-corrected chi connectivity index (χ0v) is 7.46. The van der Waals surface area contributed by atoms with Crippen LogP contribution in [0.25, 0.3) is 0 Å². The van der Waals surface area contributed by atoms with Crippen molar-refractivity contribution in [1.29, 1.82) is 0 Å². The van der Waals surface area contributed by atoms with E-state index in [2.05, 4.69) is 0 Å². The fourth-order valence-corrected chi connectivity index (χ4v) is 3.98. The summed E-state index contributed by atoms with van der Waals surface area (Å²) in [5, 5.41) is 0. The highest BCUT2D eigenvalue weighted by Crippen LogP contribution is 2.59. The minimum Gasteiger partial charge on any atom is -0.299 e. The highest BCUT2D eigenvalue weighted by molar-refractivity contribution is 5.83. The lowest BCUT2D eigenvalue weighted by Gasteiger charge is -2.50. The van der Waals surface area contributed by atoms with Crippen molar-refractivity contribution < 1.29 is 4.79 Å². The summed E-state index contributed by atoms with van der Waals surface area (Å²) in [4.78, 5) is 11.6. The van der Waals surface area contributed by atoms with Gasteiger partial charge in [0, 0.05) is 12.3 Å². The van der Waals surface area contributed by atoms with Gasteiger partial charge in [-0.25, -0.2) is 0 Å². The fourth-order valence-electron chi connectivity index (χ4n) is 3.98. The van der Waals surface area contributed by atoms with Gasteiger partial charge in [0.05, 0.1) is 0 Å². The summed E-state index contributed by atoms with van der Waals surface area (Å²) in [6.45, 7) is 0. The molecule has 0 aromatic rings. The van der Waals surface area contributed by atoms with Gasteiger partial charge in [0.1, 0.15) is 5.78 Å². The second kappa shape index (κ2) is 2.34. The van der Waals surface area contributed by atoms with Crippen LogP contribution < -0.4 is 0 Å². The Bertz CT molecular complexity index is 221. The first kappa shape index (κ1) is 7.11. The summed E-state index contributed by atoms with van der Waals surface area (Å²) in [6.07, 6.45) is 7.62. The van der Waals surface area contributed by atoms with E-state index in [1.54, 1.807) is 0 Å². The molecule has 12 heavy (non-hydrogen) atoms. The van der Waals surface area contributed by atoms with E-state index >= 15 is 0 Å². The number of hydrogen-bond donors (Lipinski definition) is 0. The smallest absolute Gasteiger partial charge is 0.136 e. The molecule has 1 nitrogen and oxygen atoms in total. The van der Waals surface area contributed by atoms with Crippen LogP contribution in [0.5, 0.6) is 0 Å². The molecule has 0 heterocycles. The molecule has 0 aromatic carbocycles. The molecule has 0 bridgehead atoms. The van der Waals surface area contributed by atoms with Crippen molar-refractivity contribution in [3.8, 4) is 0 Å². The van der Waals surface area contributed by atoms with Crippen LogP contribution in [0.15, 0.2) is 0 Å². The average molecular weight is 164 g/mol. The highest BCUT2D eigenvalue weighted by Gasteiger charge is 2.55. The molecule has 0 radical (unpaired) electrons. The monoisotopic (exact) mass is 164 g/mol. The predicted molar refractivity (Wildman–Crippen MR) is 46.7 cm³/mol. The Kier molecular flexibility index (Phi) is 1.38. The summed E-state index contributed by atoms with van der Waals surface area (Å²) in [5.74, 6) is 3.78. The number of fused-ring (bicyclic) bond motifs is 4. The van der Waals surface area contributed by atoms with Crippen molar-refractivity contribution >= 4 is 5.78 Å². The summed E-state index contributed by atoms with van der Waals surface area (Å²) in [5.41, 5.74) is 0. The lowest BCUT2D eigenvalue weighted by atomic mass is 9.53. The van der Waals surface area contributed by atoms with E-state index in [4.69, 9.17) is 0 Å². The molecule has 66 valence electrons. The zero-order valence-electron chi connectivity index (χ0n) is 7.46. The van der Waals surface area contributed by atoms with Gasteiger partial charge >= 0.3 is 0 Å². The third-order valence-electron chi connectivity index (χ3n) is 4.43. The van der Waals surface area contributed by atoms with Crippen molar-refractivity contribution in [3.63, 3.8) is 0 Å². The SMILES string of the molecule is O=C1CCC[C@H]2C3CCCC3[C@@H]12. The van der Waals surface area contributed by atoms with Gasteiger partial charge in [-0.15, -0.1) is 0 Å². The van der Waals surface area contributed by atoms with Crippen molar-refractivity contribution in [2.45, 2.75) is 38.5 Å². The van der Waals surface area contributed by atoms with E-state index in [9.17, 15) is 4.79 Å². The normalized spacial score (nSPS) is 51.2. The van der Waals surface area contributed by atoms with Crippen molar-refractivity contribution in [1.82, 2.24) is 0 Å². The molecule has 3 saturated carbocycles. The van der Waals surface area contributed by atoms with Gasteiger partial charge in [0.2, 0.25) is 0 Å². The summed E-state index contributed by atoms with van der Waals surface area (Å²) in [6, 6.07) is 0. The molecule has 2 unspecified atom stereocenters. The summed E-state index contributed by atoms with van der Waals surface area (Å²) in [7, 11) is 0. The molecule has 0 aliphatic heterocycles. The Labute approximate surface area is 73.5 Å². The van der Waals surface area contributed by atoms with Gasteiger partial charge in [-0.3, -0.25) is 4.79 Å². The Morgan fingerprint density at radius 1 is 0.917 bits per heavy atom. The molecule has 3 aliphatic carbocycles. The van der Waals surface area contributed by atoms with Crippen LogP contribution in [-0.4, -0.2) is 5.78 Å². The van der Waals surface area contributed by atoms with Crippen molar-refractivity contribution in [2.75, 3.05) is 0 Å². The van der Waals surface area contributed by atoms with Crippen LogP contribution in [0, 0.1) is 23.7 Å². The second-order valence-corrected chi connectivity index (χ2v) is 4.81. The van der Waals surface area contributed by atoms with Crippen LogP contribution in [0.1, 0.15) is 38.5 Å². The van der Waals surface area contributed by atoms with E-state index in [0.29, 0.717) is 11.7 Å². The van der Waals surface area contributed by atoms with Gasteiger partial charge in [-0.05, 0) is 43.4 Å². The molecule has 0 spiro atoms. The Morgan fingerprint density at radius 3 is 2.42 bits per heavy atom. The molecular formula is C11H16O. The number of Topliss-reactive ketones (excluding diaryl/α,β-unsaturated/α-hetero) is 1. The number of carbonyl (C=O) groups is 1. The molecule has 0 amide bonds. The molecule has 3 fully saturated rings. The number of rotatable bonds is 0. The van der Waals surface area contributed by atoms with E-state index in [1.807, 2.05) is 0 Å². The summed E-state index contributed by atoms with van der Waals surface area (Å²) >= 11 is 0. The quantitative estimate of drug-likeness (QED) is 0.537. The van der Waals surface area contributed by atoms with Gasteiger partial charge in [-0.1, -0.05) is 6.42 Å². The summed E-state index contributed by atoms with van der Waals surface area (Å²) < 4.78 is 0. The van der Waals surface area contributed by atoms with Crippen LogP contribution in [0.2, 0.25) is 0 Å². The van der Waals surface area contributed by atoms with Crippen LogP contribution in [-0.2, 0) is 4.79 Å². The molecular weight excluding hydrogens is 148 g/mol. The topological polar surface area (TPSA) is 17.1 Å². The molecule has 0 aromatic heterocycles. The predicted octanol–water partition coefficient (Wildman–Crippen LogP) is 2.40. The first-order valence-corrected chi connectivity index (χ1v) is 5.40. The molecule has 0 saturated heterocycles. The first-order valence-electron chi connectivity index (χ1n) is 5.40. The number of ketones is 1. The largest absolute Gasteiger partial charge is 0.299 e. The van der Waals surface area contributed by atoms with Gasteiger partial charge < -0.3 is 0 Å². The average Bonchev–Trinajstić information content (AvgIpc) is 2.43. The number of carbonyl (C=O) groups excluding carboxylic acids is 1. The van der Waals surface area contributed by atoms with Gasteiger partial charge in [0.15, 0.2) is 0 Å². The maximum atomic E-state index is 11.6. The van der Waals surface area contributed by atoms with Gasteiger partial charge in [-0.2, -0.15) is 0 Å². The minimum atomic E-state index is 0.534. The first-order chi connectivity index (χ1) is 5.88. The Balaban J connectivity index is 1.84. The van der Waals surface area contributed by atoms with E-state index in [0.717, 1.165) is 24.2 Å². The van der Waals surface area contributed by atoms with Crippen LogP contribution in [0.3, 0.4) is 0 Å². The van der Waals surface area contributed by atoms with Crippen molar-refractivity contribution in [3.05, 3.63) is 0 Å². The second-order valence-electron chi connectivity index (χ2n) is 4.81. The Morgan fingerprint density at radius 2 is 1.58 bits per heavy atom. The van der Waals surface area contributed by atoms with E-state index in [1.165, 1.54) is 32.1 Å². The number of hydrogen-bond acceptors (Lipinski definition) is 1. The molecule has 0 N–H and O–H groups in total. The maximum Gasteiger partial charge on any atom is 0.136 e. The van der Waals surface area contributed by atoms with E-state index < -0.39 is 0 Å². The highest BCUT2D eigenvalue weighted by atomic mass is 16.1. The molecule has 1 heteroatoms. The fraction of sp³-hybridized carbons (Fsp3) is 0.909. The van der Waals surface area contributed by atoms with Crippen LogP contribution >= 0.6 is 0 Å². The minimum absolute atomic E-state index is 0.534. The Hall–Kier alpha value is -0.330. The standard InChI is InChI=1S/C11H16O/c12-10-6-2-5-9-7-3-1-4-8(7)11(9)10/h7-9,11H,1-6H2/t7?,8?,9-,11+/m0/s1. The molecule has 4 atom stereocenters. The lowest BCUT2D eigenvalue weighted by molar-refractivity contribution is -0.141. The van der Waals surface area contributed by atoms with Gasteiger partial charge in [0.25, 0.3) is 0 Å². The van der Waals surface area contributed by atoms with E-state index in [-0.39, 0.29) is 0 Å². The third kappa shape index (κ3) is 0.725. The molecule has 3 aliphatic rings. The lowest BCUT2D eigenvalue weighted by Crippen LogP contribution is -2.50. The zero-order chi connectivity index (χ0) is 8.13. The van der Waals surface area contributed by atoms with Crippen molar-refractivity contribution in [2.24, 2.45) is 23.7 Å². The molecule has 3 rings (SSSR count). The van der Waals surface area contributed by atoms with Crippen LogP contribution in [0.4, 0.5) is 0 Å². The maximum absolute atomic E-state index is 11.6.